The van der Waals surface area contributed by atoms with Gasteiger partial charge in [0.15, 0.2) is 5.13 Å². The van der Waals surface area contributed by atoms with Crippen LogP contribution in [0.5, 0.6) is 0 Å². The molecule has 0 aliphatic carbocycles. The lowest BCUT2D eigenvalue weighted by molar-refractivity contribution is 0.0606. The summed E-state index contributed by atoms with van der Waals surface area (Å²) in [5.41, 5.74) is 0.827. The van der Waals surface area contributed by atoms with Crippen molar-refractivity contribution >= 4 is 28.1 Å². The van der Waals surface area contributed by atoms with Crippen molar-refractivity contribution in [2.75, 3.05) is 12.4 Å². The van der Waals surface area contributed by atoms with Gasteiger partial charge in [-0.05, 0) is 0 Å². The number of carbonyl (C=O) groups excluding carboxylic acids is 1. The van der Waals surface area contributed by atoms with Gasteiger partial charge in [-0.3, -0.25) is 4.68 Å². The van der Waals surface area contributed by atoms with Crippen molar-refractivity contribution in [3.05, 3.63) is 23.5 Å². The first-order valence-electron chi connectivity index (χ1n) is 4.49. The third-order valence-corrected chi connectivity index (χ3v) is 2.74. The summed E-state index contributed by atoms with van der Waals surface area (Å²) in [5, 5.41) is 7.68. The molecule has 16 heavy (non-hydrogen) atoms. The first-order valence-corrected chi connectivity index (χ1v) is 5.30. The quantitative estimate of drug-likeness (QED) is 0.819. The summed E-state index contributed by atoms with van der Waals surface area (Å²) in [4.78, 5) is 15.7. The number of aromatic nitrogens is 3. The Morgan fingerprint density at radius 3 is 3.00 bits per heavy atom. The third kappa shape index (κ3) is 2.19. The molecule has 0 saturated heterocycles. The molecule has 0 aliphatic rings. The zero-order valence-corrected chi connectivity index (χ0v) is 9.61. The van der Waals surface area contributed by atoms with Gasteiger partial charge in [-0.1, -0.05) is 11.3 Å². The zero-order valence-electron chi connectivity index (χ0n) is 8.80. The summed E-state index contributed by atoms with van der Waals surface area (Å²) in [7, 11) is 3.17. The number of thiazole rings is 1. The summed E-state index contributed by atoms with van der Waals surface area (Å²) in [6, 6.07) is 0. The van der Waals surface area contributed by atoms with E-state index in [0.29, 0.717) is 10.0 Å². The lowest BCUT2D eigenvalue weighted by atomic mass is 10.6. The van der Waals surface area contributed by atoms with Gasteiger partial charge in [0.1, 0.15) is 4.88 Å². The predicted molar refractivity (Wildman–Crippen MR) is 59.9 cm³/mol. The molecule has 0 spiro atoms. The van der Waals surface area contributed by atoms with E-state index in [2.05, 4.69) is 20.1 Å². The van der Waals surface area contributed by atoms with Crippen LogP contribution in [0.3, 0.4) is 0 Å². The Hall–Kier alpha value is -1.89. The number of anilines is 2. The maximum atomic E-state index is 11.2. The van der Waals surface area contributed by atoms with Crippen LogP contribution in [0.1, 0.15) is 9.67 Å². The molecule has 0 atom stereocenters. The largest absolute Gasteiger partial charge is 0.465 e. The Morgan fingerprint density at radius 2 is 2.38 bits per heavy atom. The van der Waals surface area contributed by atoms with Crippen LogP contribution in [0.25, 0.3) is 0 Å². The summed E-state index contributed by atoms with van der Waals surface area (Å²) in [5.74, 6) is -0.378. The molecule has 0 aliphatic heterocycles. The Bertz CT molecular complexity index is 505. The van der Waals surface area contributed by atoms with Crippen molar-refractivity contribution in [3.63, 3.8) is 0 Å². The number of ether oxygens (including phenoxy) is 1. The van der Waals surface area contributed by atoms with E-state index in [1.54, 1.807) is 10.9 Å². The van der Waals surface area contributed by atoms with E-state index in [9.17, 15) is 4.79 Å². The molecule has 0 amide bonds. The fraction of sp³-hybridized carbons (Fsp3) is 0.222. The number of esters is 1. The molecule has 2 rings (SSSR count). The summed E-state index contributed by atoms with van der Waals surface area (Å²) >= 11 is 1.24. The Balaban J connectivity index is 2.11. The molecular formula is C9H10N4O2S. The molecule has 1 N–H and O–H groups in total. The standard InChI is InChI=1S/C9H10N4O2S/c1-13-5-6(3-11-13)12-9-10-4-7(16-9)8(14)15-2/h3-5H,1-2H3,(H,10,12). The molecule has 0 unspecified atom stereocenters. The van der Waals surface area contributed by atoms with Crippen molar-refractivity contribution in [1.29, 1.82) is 0 Å². The predicted octanol–water partition coefficient (Wildman–Crippen LogP) is 1.41. The van der Waals surface area contributed by atoms with Crippen LogP contribution >= 0.6 is 11.3 Å². The van der Waals surface area contributed by atoms with Crippen molar-refractivity contribution in [2.24, 2.45) is 7.05 Å². The molecule has 0 saturated carbocycles. The average molecular weight is 238 g/mol. The number of aryl methyl sites for hydroxylation is 1. The average Bonchev–Trinajstić information content (AvgIpc) is 2.87. The van der Waals surface area contributed by atoms with Gasteiger partial charge in [-0.25, -0.2) is 9.78 Å². The van der Waals surface area contributed by atoms with Crippen LogP contribution in [0.4, 0.5) is 10.8 Å². The first-order chi connectivity index (χ1) is 7.69. The van der Waals surface area contributed by atoms with Gasteiger partial charge in [0.25, 0.3) is 0 Å². The van der Waals surface area contributed by atoms with Gasteiger partial charge in [-0.2, -0.15) is 5.10 Å². The topological polar surface area (TPSA) is 69.0 Å². The second-order valence-electron chi connectivity index (χ2n) is 3.05. The fourth-order valence-corrected chi connectivity index (χ4v) is 1.89. The van der Waals surface area contributed by atoms with Crippen LogP contribution in [0, 0.1) is 0 Å². The minimum Gasteiger partial charge on any atom is -0.465 e. The van der Waals surface area contributed by atoms with E-state index >= 15 is 0 Å². The van der Waals surface area contributed by atoms with Gasteiger partial charge in [0.2, 0.25) is 0 Å². The smallest absolute Gasteiger partial charge is 0.349 e. The van der Waals surface area contributed by atoms with Gasteiger partial charge < -0.3 is 10.1 Å². The minimum absolute atomic E-state index is 0.378. The summed E-state index contributed by atoms with van der Waals surface area (Å²) in [6.07, 6.45) is 4.98. The van der Waals surface area contributed by atoms with Crippen molar-refractivity contribution in [2.45, 2.75) is 0 Å². The Labute approximate surface area is 95.9 Å². The number of hydrogen-bond donors (Lipinski definition) is 1. The molecule has 2 aromatic heterocycles. The maximum Gasteiger partial charge on any atom is 0.349 e. The number of nitrogens with one attached hydrogen (secondary N) is 1. The molecule has 0 fully saturated rings. The van der Waals surface area contributed by atoms with E-state index in [4.69, 9.17) is 0 Å². The van der Waals surface area contributed by atoms with E-state index in [1.807, 2.05) is 13.2 Å². The molecule has 2 heterocycles. The van der Waals surface area contributed by atoms with Gasteiger partial charge in [0.05, 0.1) is 25.2 Å². The number of methoxy groups -OCH3 is 1. The lowest BCUT2D eigenvalue weighted by Crippen LogP contribution is -1.96. The third-order valence-electron chi connectivity index (χ3n) is 1.85. The molecule has 6 nitrogen and oxygen atoms in total. The van der Waals surface area contributed by atoms with Crippen LogP contribution in [-0.4, -0.2) is 27.8 Å². The highest BCUT2D eigenvalue weighted by Crippen LogP contribution is 2.22. The summed E-state index contributed by atoms with van der Waals surface area (Å²) in [6.45, 7) is 0. The number of hydrogen-bond acceptors (Lipinski definition) is 6. The van der Waals surface area contributed by atoms with Gasteiger partial charge >= 0.3 is 5.97 Å². The first kappa shape index (κ1) is 10.6. The molecule has 84 valence electrons. The normalized spacial score (nSPS) is 10.1. The van der Waals surface area contributed by atoms with Crippen molar-refractivity contribution in [3.8, 4) is 0 Å². The monoisotopic (exact) mass is 238 g/mol. The second kappa shape index (κ2) is 4.31. The Kier molecular flexibility index (Phi) is 2.86. The van der Waals surface area contributed by atoms with E-state index in [0.717, 1.165) is 5.69 Å². The van der Waals surface area contributed by atoms with Crippen LogP contribution < -0.4 is 5.32 Å². The SMILES string of the molecule is COC(=O)c1cnc(Nc2cnn(C)c2)s1. The van der Waals surface area contributed by atoms with Gasteiger partial charge in [-0.15, -0.1) is 0 Å². The molecule has 0 aromatic carbocycles. The van der Waals surface area contributed by atoms with E-state index < -0.39 is 0 Å². The molecular weight excluding hydrogens is 228 g/mol. The van der Waals surface area contributed by atoms with Crippen molar-refractivity contribution in [1.82, 2.24) is 14.8 Å². The second-order valence-corrected chi connectivity index (χ2v) is 4.08. The molecule has 2 aromatic rings. The van der Waals surface area contributed by atoms with Gasteiger partial charge in [0, 0.05) is 13.2 Å². The van der Waals surface area contributed by atoms with Crippen LogP contribution in [0.2, 0.25) is 0 Å². The maximum absolute atomic E-state index is 11.2. The number of carbonyl (C=O) groups is 1. The molecule has 0 radical (unpaired) electrons. The van der Waals surface area contributed by atoms with E-state index in [-0.39, 0.29) is 5.97 Å². The number of nitrogens with zero attached hydrogens (tertiary/aromatic N) is 3. The highest BCUT2D eigenvalue weighted by molar-refractivity contribution is 7.17. The molecule has 0 bridgehead atoms. The highest BCUT2D eigenvalue weighted by Gasteiger charge is 2.10. The van der Waals surface area contributed by atoms with Crippen LogP contribution in [0.15, 0.2) is 18.6 Å². The van der Waals surface area contributed by atoms with Crippen molar-refractivity contribution < 1.29 is 9.53 Å². The minimum atomic E-state index is -0.378. The lowest BCUT2D eigenvalue weighted by Gasteiger charge is -1.95. The molecule has 7 heteroatoms. The fourth-order valence-electron chi connectivity index (χ4n) is 1.14. The summed E-state index contributed by atoms with van der Waals surface area (Å²) < 4.78 is 6.27. The number of rotatable bonds is 3. The van der Waals surface area contributed by atoms with Crippen LogP contribution in [-0.2, 0) is 11.8 Å². The Morgan fingerprint density at radius 1 is 1.56 bits per heavy atom. The van der Waals surface area contributed by atoms with E-state index in [1.165, 1.54) is 24.6 Å². The zero-order chi connectivity index (χ0) is 11.5. The highest BCUT2D eigenvalue weighted by atomic mass is 32.1.